The van der Waals surface area contributed by atoms with E-state index in [2.05, 4.69) is 15.0 Å². The van der Waals surface area contributed by atoms with Gasteiger partial charge in [0.2, 0.25) is 0 Å². The molecule has 2 saturated carbocycles. The number of aromatic nitrogens is 1. The number of rotatable bonds is 5. The lowest BCUT2D eigenvalue weighted by atomic mass is 10.1. The molecule has 114 valence electrons. The lowest BCUT2D eigenvalue weighted by Crippen LogP contribution is -2.32. The van der Waals surface area contributed by atoms with Crippen LogP contribution in [-0.2, 0) is 4.74 Å². The molecule has 0 spiro atoms. The Morgan fingerprint density at radius 3 is 2.81 bits per heavy atom. The van der Waals surface area contributed by atoms with Gasteiger partial charge in [0.15, 0.2) is 5.82 Å². The molecule has 4 N–H and O–H groups in total. The average Bonchev–Trinajstić information content (AvgIpc) is 3.38. The first-order valence-electron chi connectivity index (χ1n) is 7.66. The van der Waals surface area contributed by atoms with Gasteiger partial charge in [-0.1, -0.05) is 0 Å². The molecule has 3 fully saturated rings. The van der Waals surface area contributed by atoms with Crippen molar-refractivity contribution in [1.82, 2.24) is 9.69 Å². The van der Waals surface area contributed by atoms with E-state index < -0.39 is 0 Å². The zero-order chi connectivity index (χ0) is 14.4. The fourth-order valence-corrected chi connectivity index (χ4v) is 3.70. The molecule has 2 unspecified atom stereocenters. The van der Waals surface area contributed by atoms with Gasteiger partial charge in [-0.15, -0.1) is 0 Å². The summed E-state index contributed by atoms with van der Waals surface area (Å²) in [6.07, 6.45) is 5.87. The van der Waals surface area contributed by atoms with Crippen LogP contribution in [0.5, 0.6) is 0 Å². The first kappa shape index (κ1) is 13.3. The number of hydrogen-bond acceptors (Lipinski definition) is 6. The average molecular weight is 308 g/mol. The molecule has 2 heterocycles. The van der Waals surface area contributed by atoms with Gasteiger partial charge in [0.05, 0.1) is 12.1 Å². The highest BCUT2D eigenvalue weighted by atomic mass is 32.1. The maximum Gasteiger partial charge on any atom is 0.258 e. The van der Waals surface area contributed by atoms with E-state index in [4.69, 9.17) is 10.5 Å². The van der Waals surface area contributed by atoms with Crippen LogP contribution in [0, 0.1) is 5.92 Å². The second kappa shape index (κ2) is 5.14. The summed E-state index contributed by atoms with van der Waals surface area (Å²) in [5, 5.41) is 7.24. The number of nitrogens with one attached hydrogen (secondary N) is 2. The maximum absolute atomic E-state index is 12.3. The number of anilines is 2. The molecule has 7 heteroatoms. The fraction of sp³-hybridized carbons (Fsp3) is 0.714. The van der Waals surface area contributed by atoms with Gasteiger partial charge in [-0.05, 0) is 49.6 Å². The third kappa shape index (κ3) is 2.72. The number of nitrogens with two attached hydrogens (primary N) is 1. The van der Waals surface area contributed by atoms with Gasteiger partial charge in [-0.3, -0.25) is 4.79 Å². The number of amides is 1. The molecular weight excluding hydrogens is 288 g/mol. The molecule has 4 rings (SSSR count). The number of carbonyl (C=O) groups excluding carboxylic acids is 1. The molecule has 0 bridgehead atoms. The largest absolute Gasteiger partial charge is 0.382 e. The Kier molecular flexibility index (Phi) is 3.26. The Morgan fingerprint density at radius 2 is 2.10 bits per heavy atom. The summed E-state index contributed by atoms with van der Waals surface area (Å²) in [6.45, 7) is 0.788. The van der Waals surface area contributed by atoms with Crippen molar-refractivity contribution < 1.29 is 9.53 Å². The van der Waals surface area contributed by atoms with Gasteiger partial charge in [0.25, 0.3) is 5.91 Å². The number of nitrogen functional groups attached to an aromatic ring is 1. The Bertz CT molecular complexity index is 553. The van der Waals surface area contributed by atoms with Gasteiger partial charge in [-0.25, -0.2) is 0 Å². The Morgan fingerprint density at radius 1 is 1.29 bits per heavy atom. The van der Waals surface area contributed by atoms with E-state index in [1.54, 1.807) is 0 Å². The fourth-order valence-electron chi connectivity index (χ4n) is 2.93. The van der Waals surface area contributed by atoms with Crippen LogP contribution >= 0.6 is 11.5 Å². The first-order valence-corrected chi connectivity index (χ1v) is 8.44. The van der Waals surface area contributed by atoms with E-state index >= 15 is 0 Å². The molecule has 6 nitrogen and oxygen atoms in total. The van der Waals surface area contributed by atoms with Crippen LogP contribution < -0.4 is 16.4 Å². The minimum atomic E-state index is -0.104. The summed E-state index contributed by atoms with van der Waals surface area (Å²) in [5.41, 5.74) is 6.39. The van der Waals surface area contributed by atoms with Crippen LogP contribution in [0.1, 0.15) is 42.5 Å². The van der Waals surface area contributed by atoms with Gasteiger partial charge in [0.1, 0.15) is 10.6 Å². The topological polar surface area (TPSA) is 89.3 Å². The third-order valence-corrected chi connectivity index (χ3v) is 5.19. The predicted octanol–water partition coefficient (Wildman–Crippen LogP) is 1.60. The Balaban J connectivity index is 1.50. The highest BCUT2D eigenvalue weighted by Gasteiger charge is 2.41. The number of nitrogens with zero attached hydrogens (tertiary/aromatic N) is 1. The number of carbonyl (C=O) groups is 1. The first-order chi connectivity index (χ1) is 10.2. The molecule has 1 amide bonds. The van der Waals surface area contributed by atoms with Crippen LogP contribution in [0.3, 0.4) is 0 Å². The lowest BCUT2D eigenvalue weighted by Gasteiger charge is -2.20. The van der Waals surface area contributed by atoms with E-state index in [-0.39, 0.29) is 18.1 Å². The highest BCUT2D eigenvalue weighted by molar-refractivity contribution is 7.11. The van der Waals surface area contributed by atoms with Crippen molar-refractivity contribution >= 4 is 28.3 Å². The molecule has 21 heavy (non-hydrogen) atoms. The van der Waals surface area contributed by atoms with Crippen LogP contribution in [0.15, 0.2) is 0 Å². The molecular formula is C14H20N4O2S. The van der Waals surface area contributed by atoms with Crippen molar-refractivity contribution in [2.45, 2.75) is 50.3 Å². The second-order valence-corrected chi connectivity index (χ2v) is 7.01. The quantitative estimate of drug-likeness (QED) is 0.769. The van der Waals surface area contributed by atoms with Gasteiger partial charge in [0, 0.05) is 12.6 Å². The predicted molar refractivity (Wildman–Crippen MR) is 81.5 cm³/mol. The molecule has 2 atom stereocenters. The van der Waals surface area contributed by atoms with E-state index in [1.807, 2.05) is 0 Å². The van der Waals surface area contributed by atoms with E-state index in [1.165, 1.54) is 24.4 Å². The third-order valence-electron chi connectivity index (χ3n) is 4.40. The monoisotopic (exact) mass is 308 g/mol. The molecule has 0 aromatic carbocycles. The van der Waals surface area contributed by atoms with E-state index in [0.29, 0.717) is 23.3 Å². The zero-order valence-electron chi connectivity index (χ0n) is 11.8. The Labute approximate surface area is 127 Å². The van der Waals surface area contributed by atoms with Crippen molar-refractivity contribution in [3.8, 4) is 0 Å². The van der Waals surface area contributed by atoms with Crippen molar-refractivity contribution in [2.75, 3.05) is 17.7 Å². The van der Waals surface area contributed by atoms with Crippen molar-refractivity contribution in [2.24, 2.45) is 5.92 Å². The second-order valence-electron chi connectivity index (χ2n) is 6.23. The minimum Gasteiger partial charge on any atom is -0.382 e. The van der Waals surface area contributed by atoms with E-state index in [9.17, 15) is 4.79 Å². The van der Waals surface area contributed by atoms with Crippen LogP contribution in [0.2, 0.25) is 0 Å². The smallest absolute Gasteiger partial charge is 0.258 e. The maximum atomic E-state index is 12.3. The standard InChI is InChI=1S/C14H20N4O2S/c15-12-10(13(19)16-8-3-4-8)14(21-18-12)17-9-5-6-20-11(9)7-1-2-7/h7-9,11,17H,1-6H2,(H2,15,18)(H,16,19). The van der Waals surface area contributed by atoms with Crippen molar-refractivity contribution in [1.29, 1.82) is 0 Å². The van der Waals surface area contributed by atoms with Crippen molar-refractivity contribution in [3.05, 3.63) is 5.56 Å². The van der Waals surface area contributed by atoms with Gasteiger partial charge >= 0.3 is 0 Å². The number of ether oxygens (including phenoxy) is 1. The van der Waals surface area contributed by atoms with Gasteiger partial charge < -0.3 is 21.1 Å². The van der Waals surface area contributed by atoms with Gasteiger partial charge in [-0.2, -0.15) is 4.37 Å². The van der Waals surface area contributed by atoms with Crippen LogP contribution in [0.4, 0.5) is 10.8 Å². The molecule has 1 aromatic heterocycles. The summed E-state index contributed by atoms with van der Waals surface area (Å²) in [5.74, 6) is 0.898. The molecule has 2 aliphatic carbocycles. The molecule has 3 aliphatic rings. The summed E-state index contributed by atoms with van der Waals surface area (Å²) >= 11 is 1.27. The Hall–Kier alpha value is -1.34. The normalized spacial score (nSPS) is 28.6. The molecule has 0 radical (unpaired) electrons. The highest BCUT2D eigenvalue weighted by Crippen LogP contribution is 2.40. The summed E-state index contributed by atoms with van der Waals surface area (Å²) in [6, 6.07) is 0.587. The molecule has 1 saturated heterocycles. The van der Waals surface area contributed by atoms with E-state index in [0.717, 1.165) is 30.9 Å². The summed E-state index contributed by atoms with van der Waals surface area (Å²) in [4.78, 5) is 12.3. The molecule has 1 aliphatic heterocycles. The number of hydrogen-bond donors (Lipinski definition) is 3. The zero-order valence-corrected chi connectivity index (χ0v) is 12.6. The summed E-state index contributed by atoms with van der Waals surface area (Å²) < 4.78 is 9.98. The summed E-state index contributed by atoms with van der Waals surface area (Å²) in [7, 11) is 0. The minimum absolute atomic E-state index is 0.104. The van der Waals surface area contributed by atoms with Crippen LogP contribution in [0.25, 0.3) is 0 Å². The van der Waals surface area contributed by atoms with Crippen LogP contribution in [-0.4, -0.2) is 35.1 Å². The lowest BCUT2D eigenvalue weighted by molar-refractivity contribution is 0.0897. The SMILES string of the molecule is Nc1nsc(NC2CCOC2C2CC2)c1C(=O)NC1CC1. The molecule has 1 aromatic rings. The van der Waals surface area contributed by atoms with Crippen molar-refractivity contribution in [3.63, 3.8) is 0 Å².